The number of nitrogens with zero attached hydrogens (tertiary/aromatic N) is 6. The predicted molar refractivity (Wildman–Crippen MR) is 128 cm³/mol. The van der Waals surface area contributed by atoms with E-state index in [1.165, 1.54) is 0 Å². The van der Waals surface area contributed by atoms with E-state index < -0.39 is 0 Å². The second kappa shape index (κ2) is 8.59. The molecule has 3 aromatic rings. The highest BCUT2D eigenvalue weighted by molar-refractivity contribution is 14.1. The van der Waals surface area contributed by atoms with Crippen LogP contribution in [0.3, 0.4) is 0 Å². The standard InChI is InChI=1S/C22H29IN6O2/c1-21(2,3)22(4,5)31-14-18-26-20-19(28-8-10-30-11-9-28)25-16(13-29(20)27-18)15-6-7-17(23)24-12-15/h6-7,12-13H,8-11,14H2,1-5H3. The number of morpholine rings is 1. The molecule has 1 aliphatic rings. The number of rotatable bonds is 5. The largest absolute Gasteiger partial charge is 0.378 e. The van der Waals surface area contributed by atoms with Gasteiger partial charge >= 0.3 is 0 Å². The third kappa shape index (κ3) is 4.83. The smallest absolute Gasteiger partial charge is 0.198 e. The summed E-state index contributed by atoms with van der Waals surface area (Å²) in [6.07, 6.45) is 3.75. The number of pyridine rings is 1. The summed E-state index contributed by atoms with van der Waals surface area (Å²) in [6.45, 7) is 14.0. The summed E-state index contributed by atoms with van der Waals surface area (Å²) in [4.78, 5) is 16.4. The molecular formula is C22H29IN6O2. The molecule has 9 heteroatoms. The molecular weight excluding hydrogens is 507 g/mol. The van der Waals surface area contributed by atoms with Crippen LogP contribution >= 0.6 is 22.6 Å². The number of fused-ring (bicyclic) bond motifs is 1. The average molecular weight is 536 g/mol. The van der Waals surface area contributed by atoms with Crippen molar-refractivity contribution in [3.05, 3.63) is 34.1 Å². The predicted octanol–water partition coefficient (Wildman–Crippen LogP) is 3.97. The normalized spacial score (nSPS) is 15.6. The van der Waals surface area contributed by atoms with Gasteiger partial charge in [-0.1, -0.05) is 20.8 Å². The minimum absolute atomic E-state index is 0.00231. The SMILES string of the molecule is CC(C)(C)C(C)(C)OCc1nc2c(N3CCOCC3)nc(-c3ccc(I)nc3)cn2n1. The first kappa shape index (κ1) is 22.3. The Morgan fingerprint density at radius 2 is 1.84 bits per heavy atom. The van der Waals surface area contributed by atoms with E-state index >= 15 is 0 Å². The fourth-order valence-electron chi connectivity index (χ4n) is 3.10. The maximum atomic E-state index is 6.22. The minimum atomic E-state index is -0.312. The highest BCUT2D eigenvalue weighted by Gasteiger charge is 2.34. The molecule has 0 amide bonds. The van der Waals surface area contributed by atoms with E-state index in [4.69, 9.17) is 24.5 Å². The third-order valence-electron chi connectivity index (χ3n) is 6.05. The minimum Gasteiger partial charge on any atom is -0.378 e. The molecule has 3 aromatic heterocycles. The van der Waals surface area contributed by atoms with Crippen LogP contribution in [0.5, 0.6) is 0 Å². The lowest BCUT2D eigenvalue weighted by molar-refractivity contribution is -0.102. The Kier molecular flexibility index (Phi) is 6.19. The van der Waals surface area contributed by atoms with Crippen LogP contribution in [0.15, 0.2) is 24.5 Å². The number of hydrogen-bond donors (Lipinski definition) is 0. The van der Waals surface area contributed by atoms with Crippen molar-refractivity contribution in [1.29, 1.82) is 0 Å². The van der Waals surface area contributed by atoms with Crippen LogP contribution in [0, 0.1) is 9.12 Å². The highest BCUT2D eigenvalue weighted by Crippen LogP contribution is 2.33. The summed E-state index contributed by atoms with van der Waals surface area (Å²) >= 11 is 2.20. The molecule has 166 valence electrons. The Balaban J connectivity index is 1.72. The third-order valence-corrected chi connectivity index (χ3v) is 6.69. The fourth-order valence-corrected chi connectivity index (χ4v) is 3.41. The van der Waals surface area contributed by atoms with E-state index in [1.807, 2.05) is 29.0 Å². The maximum absolute atomic E-state index is 6.22. The molecule has 4 heterocycles. The zero-order valence-corrected chi connectivity index (χ0v) is 20.9. The van der Waals surface area contributed by atoms with Gasteiger partial charge in [-0.15, -0.1) is 5.10 Å². The van der Waals surface area contributed by atoms with E-state index in [0.717, 1.165) is 39.5 Å². The molecule has 0 radical (unpaired) electrons. The average Bonchev–Trinajstić information content (AvgIpc) is 3.15. The second-order valence-electron chi connectivity index (χ2n) is 9.26. The van der Waals surface area contributed by atoms with Crippen LogP contribution in [-0.4, -0.2) is 56.5 Å². The molecule has 1 saturated heterocycles. The highest BCUT2D eigenvalue weighted by atomic mass is 127. The van der Waals surface area contributed by atoms with Gasteiger partial charge < -0.3 is 14.4 Å². The lowest BCUT2D eigenvalue weighted by Gasteiger charge is -2.38. The molecule has 1 fully saturated rings. The van der Waals surface area contributed by atoms with Crippen LogP contribution < -0.4 is 4.90 Å². The monoisotopic (exact) mass is 536 g/mol. The second-order valence-corrected chi connectivity index (χ2v) is 10.4. The molecule has 1 aliphatic heterocycles. The number of hydrogen-bond acceptors (Lipinski definition) is 7. The molecule has 0 saturated carbocycles. The first-order valence-corrected chi connectivity index (χ1v) is 11.6. The van der Waals surface area contributed by atoms with E-state index in [9.17, 15) is 0 Å². The van der Waals surface area contributed by atoms with Gasteiger partial charge in [0.15, 0.2) is 17.3 Å². The first-order valence-electron chi connectivity index (χ1n) is 10.5. The van der Waals surface area contributed by atoms with Crippen LogP contribution in [0.2, 0.25) is 0 Å². The van der Waals surface area contributed by atoms with Gasteiger partial charge in [-0.2, -0.15) is 0 Å². The molecule has 0 aliphatic carbocycles. The Labute approximate surface area is 196 Å². The number of aromatic nitrogens is 5. The van der Waals surface area contributed by atoms with Gasteiger partial charge in [0.05, 0.1) is 30.7 Å². The van der Waals surface area contributed by atoms with Crippen LogP contribution in [0.25, 0.3) is 16.9 Å². The Morgan fingerprint density at radius 3 is 2.48 bits per heavy atom. The van der Waals surface area contributed by atoms with Crippen LogP contribution in [0.4, 0.5) is 5.82 Å². The molecule has 0 aromatic carbocycles. The summed E-state index contributed by atoms with van der Waals surface area (Å²) < 4.78 is 14.5. The quantitative estimate of drug-likeness (QED) is 0.361. The van der Waals surface area contributed by atoms with Crippen molar-refractivity contribution in [2.75, 3.05) is 31.2 Å². The summed E-state index contributed by atoms with van der Waals surface area (Å²) in [6, 6.07) is 4.00. The summed E-state index contributed by atoms with van der Waals surface area (Å²) in [5, 5.41) is 4.72. The van der Waals surface area contributed by atoms with Gasteiger partial charge in [0, 0.05) is 24.8 Å². The number of anilines is 1. The lowest BCUT2D eigenvalue weighted by Crippen LogP contribution is -2.39. The molecule has 31 heavy (non-hydrogen) atoms. The first-order chi connectivity index (χ1) is 14.6. The lowest BCUT2D eigenvalue weighted by atomic mass is 9.79. The van der Waals surface area contributed by atoms with Gasteiger partial charge in [-0.3, -0.25) is 0 Å². The maximum Gasteiger partial charge on any atom is 0.198 e. The summed E-state index contributed by atoms with van der Waals surface area (Å²) in [5.41, 5.74) is 2.17. The van der Waals surface area contributed by atoms with Crippen LogP contribution in [-0.2, 0) is 16.1 Å². The molecule has 0 spiro atoms. The molecule has 0 N–H and O–H groups in total. The molecule has 0 atom stereocenters. The van der Waals surface area contributed by atoms with E-state index in [0.29, 0.717) is 25.6 Å². The van der Waals surface area contributed by atoms with E-state index in [2.05, 4.69) is 67.1 Å². The van der Waals surface area contributed by atoms with Crippen LogP contribution in [0.1, 0.15) is 40.4 Å². The Bertz CT molecular complexity index is 1050. The Hall–Kier alpha value is -1.85. The van der Waals surface area contributed by atoms with Crippen molar-refractivity contribution in [2.45, 2.75) is 46.8 Å². The zero-order valence-electron chi connectivity index (χ0n) is 18.7. The molecule has 8 nitrogen and oxygen atoms in total. The molecule has 0 bridgehead atoms. The molecule has 0 unspecified atom stereocenters. The van der Waals surface area contributed by atoms with E-state index in [-0.39, 0.29) is 11.0 Å². The van der Waals surface area contributed by atoms with Crippen molar-refractivity contribution < 1.29 is 9.47 Å². The van der Waals surface area contributed by atoms with Crippen molar-refractivity contribution in [2.24, 2.45) is 5.41 Å². The van der Waals surface area contributed by atoms with Crippen molar-refractivity contribution in [1.82, 2.24) is 24.6 Å². The van der Waals surface area contributed by atoms with Gasteiger partial charge in [0.1, 0.15) is 10.3 Å². The van der Waals surface area contributed by atoms with Gasteiger partial charge in [-0.05, 0) is 54.0 Å². The van der Waals surface area contributed by atoms with E-state index in [1.54, 1.807) is 0 Å². The van der Waals surface area contributed by atoms with Crippen molar-refractivity contribution >= 4 is 34.1 Å². The number of halogens is 1. The van der Waals surface area contributed by atoms with Gasteiger partial charge in [-0.25, -0.2) is 19.5 Å². The summed E-state index contributed by atoms with van der Waals surface area (Å²) in [7, 11) is 0. The number of ether oxygens (including phenoxy) is 2. The Morgan fingerprint density at radius 1 is 1.10 bits per heavy atom. The topological polar surface area (TPSA) is 77.7 Å². The van der Waals surface area contributed by atoms with Crippen molar-refractivity contribution in [3.8, 4) is 11.3 Å². The molecule has 4 rings (SSSR count). The fraction of sp³-hybridized carbons (Fsp3) is 0.545. The summed E-state index contributed by atoms with van der Waals surface area (Å²) in [5.74, 6) is 1.46. The zero-order chi connectivity index (χ0) is 22.2. The van der Waals surface area contributed by atoms with Crippen molar-refractivity contribution in [3.63, 3.8) is 0 Å². The van der Waals surface area contributed by atoms with Gasteiger partial charge in [0.2, 0.25) is 0 Å². The van der Waals surface area contributed by atoms with Gasteiger partial charge in [0.25, 0.3) is 0 Å².